The predicted molar refractivity (Wildman–Crippen MR) is 65.6 cm³/mol. The van der Waals surface area contributed by atoms with Crippen LogP contribution in [-0.4, -0.2) is 27.8 Å². The lowest BCUT2D eigenvalue weighted by atomic mass is 10.0. The number of hydrogen-bond donors (Lipinski definition) is 1. The molecular formula is C13H21NOS. The maximum Gasteiger partial charge on any atom is 0.0249 e. The summed E-state index contributed by atoms with van der Waals surface area (Å²) >= 11 is 0. The Bertz CT molecular complexity index is 306. The molecule has 1 heterocycles. The summed E-state index contributed by atoms with van der Waals surface area (Å²) in [7, 11) is -0.502. The molecule has 3 saturated carbocycles. The number of nitrogens with one attached hydrogen (secondary N) is 1. The van der Waals surface area contributed by atoms with Gasteiger partial charge in [0.1, 0.15) is 0 Å². The average molecular weight is 239 g/mol. The molecule has 90 valence electrons. The van der Waals surface area contributed by atoms with E-state index in [9.17, 15) is 4.21 Å². The van der Waals surface area contributed by atoms with Crippen LogP contribution in [-0.2, 0) is 10.8 Å². The molecule has 0 aromatic heterocycles. The van der Waals surface area contributed by atoms with Crippen molar-refractivity contribution in [2.75, 3.05) is 11.5 Å². The maximum atomic E-state index is 11.3. The first-order chi connectivity index (χ1) is 7.83. The topological polar surface area (TPSA) is 29.1 Å². The first kappa shape index (κ1) is 10.1. The fourth-order valence-corrected chi connectivity index (χ4v) is 6.08. The van der Waals surface area contributed by atoms with E-state index in [1.54, 1.807) is 6.42 Å². The Morgan fingerprint density at radius 1 is 0.938 bits per heavy atom. The van der Waals surface area contributed by atoms with E-state index >= 15 is 0 Å². The van der Waals surface area contributed by atoms with Crippen molar-refractivity contribution in [1.29, 1.82) is 0 Å². The van der Waals surface area contributed by atoms with E-state index in [1.807, 2.05) is 0 Å². The molecule has 4 rings (SSSR count). The van der Waals surface area contributed by atoms with Crippen LogP contribution in [0.4, 0.5) is 0 Å². The van der Waals surface area contributed by atoms with Crippen LogP contribution in [0.1, 0.15) is 32.1 Å². The Labute approximate surface area is 100 Å². The highest BCUT2D eigenvalue weighted by Gasteiger charge is 2.64. The van der Waals surface area contributed by atoms with Gasteiger partial charge in [0.2, 0.25) is 0 Å². The van der Waals surface area contributed by atoms with E-state index in [0.717, 1.165) is 54.1 Å². The van der Waals surface area contributed by atoms with Crippen molar-refractivity contribution in [2.45, 2.75) is 44.2 Å². The summed E-state index contributed by atoms with van der Waals surface area (Å²) in [5.41, 5.74) is 0. The summed E-state index contributed by atoms with van der Waals surface area (Å²) < 4.78 is 11.3. The van der Waals surface area contributed by atoms with Crippen molar-refractivity contribution < 1.29 is 4.21 Å². The van der Waals surface area contributed by atoms with Crippen molar-refractivity contribution in [2.24, 2.45) is 23.7 Å². The summed E-state index contributed by atoms with van der Waals surface area (Å²) in [4.78, 5) is 0. The first-order valence-electron chi connectivity index (χ1n) is 6.94. The van der Waals surface area contributed by atoms with Gasteiger partial charge in [-0.05, 0) is 55.8 Å². The Morgan fingerprint density at radius 2 is 1.56 bits per heavy atom. The van der Waals surface area contributed by atoms with Gasteiger partial charge >= 0.3 is 0 Å². The zero-order chi connectivity index (χ0) is 10.7. The van der Waals surface area contributed by atoms with Gasteiger partial charge in [-0.2, -0.15) is 0 Å². The van der Waals surface area contributed by atoms with Gasteiger partial charge in [-0.1, -0.05) is 0 Å². The average Bonchev–Trinajstić information content (AvgIpc) is 2.72. The van der Waals surface area contributed by atoms with Crippen LogP contribution in [0.5, 0.6) is 0 Å². The molecule has 3 heteroatoms. The van der Waals surface area contributed by atoms with Gasteiger partial charge in [-0.25, -0.2) is 0 Å². The summed E-state index contributed by atoms with van der Waals surface area (Å²) in [5, 5.41) is 3.88. The molecule has 0 aromatic carbocycles. The molecule has 4 fully saturated rings. The summed E-state index contributed by atoms with van der Waals surface area (Å²) in [6.07, 6.45) is 6.87. The van der Waals surface area contributed by atoms with E-state index in [2.05, 4.69) is 5.32 Å². The van der Waals surface area contributed by atoms with E-state index in [-0.39, 0.29) is 0 Å². The fourth-order valence-electron chi connectivity index (χ4n) is 4.78. The summed E-state index contributed by atoms with van der Waals surface area (Å²) in [6, 6.07) is 1.55. The fraction of sp³-hybridized carbons (Fsp3) is 1.00. The Hall–Kier alpha value is 0.110. The van der Waals surface area contributed by atoms with E-state index in [4.69, 9.17) is 0 Å². The highest BCUT2D eigenvalue weighted by atomic mass is 32.2. The third-order valence-corrected chi connectivity index (χ3v) is 6.93. The second kappa shape index (κ2) is 3.55. The van der Waals surface area contributed by atoms with Gasteiger partial charge < -0.3 is 5.32 Å². The molecule has 0 amide bonds. The minimum atomic E-state index is -0.502. The largest absolute Gasteiger partial charge is 0.311 e. The zero-order valence-corrected chi connectivity index (χ0v) is 10.5. The smallest absolute Gasteiger partial charge is 0.0249 e. The molecule has 1 aliphatic heterocycles. The molecule has 4 aliphatic rings. The SMILES string of the molecule is O=S1CCC(NC2C3C4CCC(C4)C23)CC1. The van der Waals surface area contributed by atoms with Crippen LogP contribution in [0.15, 0.2) is 0 Å². The molecule has 0 aromatic rings. The zero-order valence-electron chi connectivity index (χ0n) is 9.73. The lowest BCUT2D eigenvalue weighted by molar-refractivity contribution is 0.400. The van der Waals surface area contributed by atoms with Gasteiger partial charge in [0.25, 0.3) is 0 Å². The Kier molecular flexibility index (Phi) is 2.23. The number of fused-ring (bicyclic) bond motifs is 5. The van der Waals surface area contributed by atoms with E-state index in [0.29, 0.717) is 6.04 Å². The van der Waals surface area contributed by atoms with Crippen molar-refractivity contribution in [3.63, 3.8) is 0 Å². The minimum absolute atomic E-state index is 0.502. The van der Waals surface area contributed by atoms with E-state index in [1.165, 1.54) is 12.8 Å². The Balaban J connectivity index is 1.35. The lowest BCUT2D eigenvalue weighted by Crippen LogP contribution is -2.39. The molecule has 2 nitrogen and oxygen atoms in total. The highest BCUT2D eigenvalue weighted by molar-refractivity contribution is 7.85. The molecule has 2 bridgehead atoms. The Morgan fingerprint density at radius 3 is 2.19 bits per heavy atom. The van der Waals surface area contributed by atoms with Gasteiger partial charge in [0.05, 0.1) is 0 Å². The molecule has 1 N–H and O–H groups in total. The van der Waals surface area contributed by atoms with Crippen molar-refractivity contribution in [1.82, 2.24) is 5.32 Å². The molecule has 3 aliphatic carbocycles. The molecule has 16 heavy (non-hydrogen) atoms. The standard InChI is InChI=1S/C13H21NOS/c15-16-5-3-10(4-6-16)14-13-11-8-1-2-9(7-8)12(11)13/h8-14H,1-7H2. The van der Waals surface area contributed by atoms with E-state index < -0.39 is 10.8 Å². The van der Waals surface area contributed by atoms with Crippen molar-refractivity contribution >= 4 is 10.8 Å². The molecule has 0 spiro atoms. The summed E-state index contributed by atoms with van der Waals surface area (Å²) in [5.74, 6) is 6.12. The molecular weight excluding hydrogens is 218 g/mol. The number of rotatable bonds is 2. The highest BCUT2D eigenvalue weighted by Crippen LogP contribution is 2.65. The van der Waals surface area contributed by atoms with Crippen LogP contribution in [0.25, 0.3) is 0 Å². The van der Waals surface area contributed by atoms with Crippen LogP contribution in [0.2, 0.25) is 0 Å². The molecule has 1 saturated heterocycles. The first-order valence-corrected chi connectivity index (χ1v) is 8.43. The van der Waals surface area contributed by atoms with Crippen molar-refractivity contribution in [3.05, 3.63) is 0 Å². The maximum absolute atomic E-state index is 11.3. The molecule has 4 atom stereocenters. The van der Waals surface area contributed by atoms with Gasteiger partial charge in [-0.15, -0.1) is 0 Å². The van der Waals surface area contributed by atoms with Crippen LogP contribution in [0.3, 0.4) is 0 Å². The molecule has 0 radical (unpaired) electrons. The second-order valence-corrected chi connectivity index (χ2v) is 8.00. The summed E-state index contributed by atoms with van der Waals surface area (Å²) in [6.45, 7) is 0. The number of hydrogen-bond acceptors (Lipinski definition) is 2. The molecule has 4 unspecified atom stereocenters. The third kappa shape index (κ3) is 1.43. The monoisotopic (exact) mass is 239 g/mol. The van der Waals surface area contributed by atoms with Gasteiger partial charge in [0.15, 0.2) is 0 Å². The van der Waals surface area contributed by atoms with Crippen LogP contribution < -0.4 is 5.32 Å². The van der Waals surface area contributed by atoms with Crippen LogP contribution >= 0.6 is 0 Å². The van der Waals surface area contributed by atoms with Gasteiger partial charge in [-0.3, -0.25) is 4.21 Å². The minimum Gasteiger partial charge on any atom is -0.311 e. The quantitative estimate of drug-likeness (QED) is 0.792. The van der Waals surface area contributed by atoms with Crippen LogP contribution in [0, 0.1) is 23.7 Å². The third-order valence-electron chi connectivity index (χ3n) is 5.55. The van der Waals surface area contributed by atoms with Crippen molar-refractivity contribution in [3.8, 4) is 0 Å². The predicted octanol–water partition coefficient (Wildman–Crippen LogP) is 1.53. The van der Waals surface area contributed by atoms with Gasteiger partial charge in [0, 0.05) is 34.4 Å². The lowest BCUT2D eigenvalue weighted by Gasteiger charge is -2.24. The normalized spacial score (nSPS) is 58.6. The second-order valence-electron chi connectivity index (χ2n) is 6.30.